The van der Waals surface area contributed by atoms with E-state index in [-0.39, 0.29) is 28.6 Å². The van der Waals surface area contributed by atoms with Gasteiger partial charge in [0.1, 0.15) is 11.4 Å². The number of benzene rings is 2. The van der Waals surface area contributed by atoms with Crippen molar-refractivity contribution in [3.8, 4) is 5.75 Å². The van der Waals surface area contributed by atoms with Crippen LogP contribution in [-0.2, 0) is 19.6 Å². The highest BCUT2D eigenvalue weighted by Crippen LogP contribution is 2.29. The number of hydrogen-bond donors (Lipinski definition) is 2. The third kappa shape index (κ3) is 6.42. The SMILES string of the molecule is COc1ccc(NS(=O)(=O)c2ccc(N/N=C(\C)CC(=O)N3CCOCC3)c([N+](=O)[O-])c2)cc1. The summed E-state index contributed by atoms with van der Waals surface area (Å²) in [7, 11) is -2.60. The quantitative estimate of drug-likeness (QED) is 0.308. The Balaban J connectivity index is 1.73. The van der Waals surface area contributed by atoms with Gasteiger partial charge in [-0.05, 0) is 43.3 Å². The van der Waals surface area contributed by atoms with Crippen molar-refractivity contribution in [2.75, 3.05) is 43.6 Å². The van der Waals surface area contributed by atoms with Gasteiger partial charge in [0.05, 0.1) is 36.6 Å². The predicted octanol–water partition coefficient (Wildman–Crippen LogP) is 2.44. The molecular formula is C21H25N5O7S. The second-order valence-corrected chi connectivity index (χ2v) is 9.08. The predicted molar refractivity (Wildman–Crippen MR) is 126 cm³/mol. The van der Waals surface area contributed by atoms with Gasteiger partial charge in [0.25, 0.3) is 15.7 Å². The molecule has 1 amide bonds. The highest BCUT2D eigenvalue weighted by Gasteiger charge is 2.22. The van der Waals surface area contributed by atoms with Crippen LogP contribution in [0, 0.1) is 10.1 Å². The summed E-state index contributed by atoms with van der Waals surface area (Å²) in [5, 5.41) is 15.6. The van der Waals surface area contributed by atoms with Crippen LogP contribution >= 0.6 is 0 Å². The lowest BCUT2D eigenvalue weighted by Gasteiger charge is -2.26. The maximum absolute atomic E-state index is 12.7. The number of carbonyl (C=O) groups is 1. The number of carbonyl (C=O) groups excluding carboxylic acids is 1. The van der Waals surface area contributed by atoms with E-state index in [1.165, 1.54) is 31.4 Å². The number of ether oxygens (including phenoxy) is 2. The Morgan fingerprint density at radius 1 is 1.21 bits per heavy atom. The van der Waals surface area contributed by atoms with E-state index in [2.05, 4.69) is 15.2 Å². The van der Waals surface area contributed by atoms with Gasteiger partial charge in [0.15, 0.2) is 0 Å². The molecule has 0 aliphatic carbocycles. The fraction of sp³-hybridized carbons (Fsp3) is 0.333. The third-order valence-corrected chi connectivity index (χ3v) is 6.34. The maximum Gasteiger partial charge on any atom is 0.295 e. The first-order valence-electron chi connectivity index (χ1n) is 10.3. The molecule has 0 saturated carbocycles. The number of nitrogens with one attached hydrogen (secondary N) is 2. The molecular weight excluding hydrogens is 466 g/mol. The molecule has 2 N–H and O–H groups in total. The van der Waals surface area contributed by atoms with Gasteiger partial charge in [0, 0.05) is 30.6 Å². The Kier molecular flexibility index (Phi) is 8.02. The number of morpholine rings is 1. The van der Waals surface area contributed by atoms with E-state index >= 15 is 0 Å². The molecule has 1 aliphatic heterocycles. The minimum absolute atomic E-state index is 0.00781. The molecule has 1 saturated heterocycles. The molecule has 0 bridgehead atoms. The largest absolute Gasteiger partial charge is 0.497 e. The van der Waals surface area contributed by atoms with Crippen molar-refractivity contribution >= 4 is 38.7 Å². The summed E-state index contributed by atoms with van der Waals surface area (Å²) in [6, 6.07) is 9.60. The van der Waals surface area contributed by atoms with Crippen LogP contribution in [0.2, 0.25) is 0 Å². The van der Waals surface area contributed by atoms with Gasteiger partial charge >= 0.3 is 0 Å². The topological polar surface area (TPSA) is 152 Å². The summed E-state index contributed by atoms with van der Waals surface area (Å²) in [4.78, 5) is 24.6. The molecule has 182 valence electrons. The molecule has 0 aromatic heterocycles. The van der Waals surface area contributed by atoms with Crippen molar-refractivity contribution in [2.45, 2.75) is 18.2 Å². The first-order chi connectivity index (χ1) is 16.2. The zero-order valence-electron chi connectivity index (χ0n) is 18.7. The van der Waals surface area contributed by atoms with Crippen LogP contribution in [0.5, 0.6) is 5.75 Å². The number of amides is 1. The van der Waals surface area contributed by atoms with E-state index in [0.717, 1.165) is 6.07 Å². The standard InChI is InChI=1S/C21H25N5O7S/c1-15(13-21(27)25-9-11-33-12-10-25)22-23-19-8-7-18(14-20(19)26(28)29)34(30,31)24-16-3-5-17(32-2)6-4-16/h3-8,14,23-24H,9-13H2,1-2H3/b22-15+. The summed E-state index contributed by atoms with van der Waals surface area (Å²) < 4.78 is 38.1. The third-order valence-electron chi connectivity index (χ3n) is 4.96. The Morgan fingerprint density at radius 2 is 1.88 bits per heavy atom. The fourth-order valence-electron chi connectivity index (χ4n) is 3.14. The van der Waals surface area contributed by atoms with Crippen LogP contribution in [0.1, 0.15) is 13.3 Å². The van der Waals surface area contributed by atoms with Gasteiger partial charge in [-0.1, -0.05) is 0 Å². The second-order valence-electron chi connectivity index (χ2n) is 7.40. The molecule has 12 nitrogen and oxygen atoms in total. The van der Waals surface area contributed by atoms with Crippen LogP contribution in [-0.4, -0.2) is 63.3 Å². The van der Waals surface area contributed by atoms with E-state index < -0.39 is 20.6 Å². The summed E-state index contributed by atoms with van der Waals surface area (Å²) >= 11 is 0. The highest BCUT2D eigenvalue weighted by atomic mass is 32.2. The zero-order valence-corrected chi connectivity index (χ0v) is 19.5. The molecule has 1 heterocycles. The Bertz CT molecular complexity index is 1180. The van der Waals surface area contributed by atoms with E-state index in [1.54, 1.807) is 24.0 Å². The van der Waals surface area contributed by atoms with Crippen molar-refractivity contribution in [3.05, 3.63) is 52.6 Å². The van der Waals surface area contributed by atoms with Crippen LogP contribution in [0.15, 0.2) is 52.5 Å². The Labute approximate surface area is 196 Å². The molecule has 13 heteroatoms. The van der Waals surface area contributed by atoms with Crippen molar-refractivity contribution in [1.82, 2.24) is 4.90 Å². The molecule has 1 aliphatic rings. The van der Waals surface area contributed by atoms with Gasteiger partial charge in [0.2, 0.25) is 5.91 Å². The van der Waals surface area contributed by atoms with Crippen molar-refractivity contribution in [2.24, 2.45) is 5.10 Å². The van der Waals surface area contributed by atoms with Crippen molar-refractivity contribution < 1.29 is 27.6 Å². The van der Waals surface area contributed by atoms with Crippen LogP contribution in [0.3, 0.4) is 0 Å². The molecule has 0 spiro atoms. The Hall–Kier alpha value is -3.71. The number of sulfonamides is 1. The van der Waals surface area contributed by atoms with Crippen molar-refractivity contribution in [3.63, 3.8) is 0 Å². The number of nitrogens with zero attached hydrogens (tertiary/aromatic N) is 3. The van der Waals surface area contributed by atoms with E-state index in [0.29, 0.717) is 37.8 Å². The van der Waals surface area contributed by atoms with E-state index in [4.69, 9.17) is 9.47 Å². The lowest BCUT2D eigenvalue weighted by Crippen LogP contribution is -2.41. The number of rotatable bonds is 9. The Morgan fingerprint density at radius 3 is 2.50 bits per heavy atom. The minimum Gasteiger partial charge on any atom is -0.497 e. The molecule has 34 heavy (non-hydrogen) atoms. The number of nitro groups is 1. The van der Waals surface area contributed by atoms with Gasteiger partial charge in [-0.25, -0.2) is 8.42 Å². The average molecular weight is 492 g/mol. The lowest BCUT2D eigenvalue weighted by molar-refractivity contribution is -0.384. The van der Waals surface area contributed by atoms with Gasteiger partial charge in [-0.15, -0.1) is 0 Å². The molecule has 1 fully saturated rings. The number of methoxy groups -OCH3 is 1. The monoisotopic (exact) mass is 491 g/mol. The first kappa shape index (κ1) is 24.9. The van der Waals surface area contributed by atoms with Crippen LogP contribution < -0.4 is 14.9 Å². The molecule has 2 aromatic carbocycles. The van der Waals surface area contributed by atoms with Crippen molar-refractivity contribution in [1.29, 1.82) is 0 Å². The number of anilines is 2. The molecule has 3 rings (SSSR count). The van der Waals surface area contributed by atoms with Gasteiger partial charge < -0.3 is 14.4 Å². The van der Waals surface area contributed by atoms with E-state index in [1.807, 2.05) is 0 Å². The van der Waals surface area contributed by atoms with Gasteiger partial charge in [-0.3, -0.25) is 25.1 Å². The summed E-state index contributed by atoms with van der Waals surface area (Å²) in [5.41, 5.74) is 2.77. The molecule has 2 aromatic rings. The number of nitro benzene ring substituents is 1. The van der Waals surface area contributed by atoms with Crippen LogP contribution in [0.4, 0.5) is 17.1 Å². The molecule has 0 atom stereocenters. The second kappa shape index (κ2) is 10.9. The van der Waals surface area contributed by atoms with Crippen LogP contribution in [0.25, 0.3) is 0 Å². The first-order valence-corrected chi connectivity index (χ1v) is 11.8. The summed E-state index contributed by atoms with van der Waals surface area (Å²) in [6.07, 6.45) is 0.0407. The molecule has 0 radical (unpaired) electrons. The average Bonchev–Trinajstić information content (AvgIpc) is 2.83. The highest BCUT2D eigenvalue weighted by molar-refractivity contribution is 7.92. The lowest BCUT2D eigenvalue weighted by atomic mass is 10.2. The zero-order chi connectivity index (χ0) is 24.7. The smallest absolute Gasteiger partial charge is 0.295 e. The van der Waals surface area contributed by atoms with Gasteiger partial charge in [-0.2, -0.15) is 5.10 Å². The maximum atomic E-state index is 12.7. The fourth-order valence-corrected chi connectivity index (χ4v) is 4.21. The number of hydrazone groups is 1. The van der Waals surface area contributed by atoms with E-state index in [9.17, 15) is 23.3 Å². The molecule has 0 unspecified atom stereocenters. The summed E-state index contributed by atoms with van der Waals surface area (Å²) in [5.74, 6) is 0.434. The summed E-state index contributed by atoms with van der Waals surface area (Å²) in [6.45, 7) is 3.59. The minimum atomic E-state index is -4.08. The normalized spacial score (nSPS) is 14.4. The number of hydrogen-bond acceptors (Lipinski definition) is 9.